The minimum Gasteiger partial charge on any atom is -0.381 e. The minimum absolute atomic E-state index is 0.0936. The number of carbonyl (C=O) groups is 1. The first-order valence-corrected chi connectivity index (χ1v) is 6.03. The molecule has 2 rings (SSSR count). The summed E-state index contributed by atoms with van der Waals surface area (Å²) in [5, 5.41) is 11.8. The minimum atomic E-state index is -0.191. The molecule has 1 saturated heterocycles. The van der Waals surface area contributed by atoms with Crippen LogP contribution in [-0.2, 0) is 4.74 Å². The summed E-state index contributed by atoms with van der Waals surface area (Å²) in [4.78, 5) is 12.1. The molecule has 1 aromatic carbocycles. The van der Waals surface area contributed by atoms with Gasteiger partial charge in [-0.25, -0.2) is 0 Å². The highest BCUT2D eigenvalue weighted by molar-refractivity contribution is 5.94. The Morgan fingerprint density at radius 3 is 2.50 bits per heavy atom. The predicted octanol–water partition coefficient (Wildman–Crippen LogP) is 1.86. The second-order valence-electron chi connectivity index (χ2n) is 4.82. The summed E-state index contributed by atoms with van der Waals surface area (Å²) in [6, 6.07) is 8.70. The van der Waals surface area contributed by atoms with Crippen LogP contribution < -0.4 is 5.32 Å². The first-order chi connectivity index (χ1) is 8.63. The van der Waals surface area contributed by atoms with E-state index in [-0.39, 0.29) is 11.4 Å². The Bertz CT molecular complexity index is 468. The van der Waals surface area contributed by atoms with Gasteiger partial charge in [0.05, 0.1) is 11.6 Å². The zero-order valence-corrected chi connectivity index (χ0v) is 10.4. The number of ether oxygens (including phenoxy) is 1. The van der Waals surface area contributed by atoms with Crippen LogP contribution in [0.5, 0.6) is 0 Å². The number of carbonyl (C=O) groups excluding carboxylic acids is 1. The Morgan fingerprint density at radius 2 is 1.94 bits per heavy atom. The highest BCUT2D eigenvalue weighted by Crippen LogP contribution is 2.20. The van der Waals surface area contributed by atoms with Crippen molar-refractivity contribution in [2.45, 2.75) is 25.3 Å². The van der Waals surface area contributed by atoms with Crippen molar-refractivity contribution in [3.8, 4) is 6.07 Å². The maximum atomic E-state index is 12.1. The van der Waals surface area contributed by atoms with Crippen LogP contribution in [0.3, 0.4) is 0 Å². The fraction of sp³-hybridized carbons (Fsp3) is 0.429. The van der Waals surface area contributed by atoms with Crippen molar-refractivity contribution in [1.82, 2.24) is 5.32 Å². The maximum absolute atomic E-state index is 12.1. The third kappa shape index (κ3) is 2.88. The number of hydrogen-bond donors (Lipinski definition) is 1. The van der Waals surface area contributed by atoms with Gasteiger partial charge in [-0.05, 0) is 44.0 Å². The average Bonchev–Trinajstić information content (AvgIpc) is 2.39. The van der Waals surface area contributed by atoms with Crippen LogP contribution in [0, 0.1) is 11.3 Å². The first kappa shape index (κ1) is 12.6. The van der Waals surface area contributed by atoms with Crippen LogP contribution in [0.4, 0.5) is 0 Å². The van der Waals surface area contributed by atoms with Crippen LogP contribution in [-0.4, -0.2) is 24.7 Å². The second-order valence-corrected chi connectivity index (χ2v) is 4.82. The normalized spacial score (nSPS) is 17.8. The molecule has 1 amide bonds. The van der Waals surface area contributed by atoms with Gasteiger partial charge in [0.2, 0.25) is 0 Å². The smallest absolute Gasteiger partial charge is 0.251 e. The average molecular weight is 244 g/mol. The van der Waals surface area contributed by atoms with Crippen LogP contribution in [0.25, 0.3) is 0 Å². The largest absolute Gasteiger partial charge is 0.381 e. The molecule has 0 aliphatic carbocycles. The number of nitrogens with zero attached hydrogens (tertiary/aromatic N) is 1. The topological polar surface area (TPSA) is 62.1 Å². The Balaban J connectivity index is 2.04. The van der Waals surface area contributed by atoms with Gasteiger partial charge in [-0.15, -0.1) is 0 Å². The number of rotatable bonds is 2. The Morgan fingerprint density at radius 1 is 1.33 bits per heavy atom. The van der Waals surface area contributed by atoms with Crippen LogP contribution in [0.2, 0.25) is 0 Å². The molecule has 0 bridgehead atoms. The number of benzene rings is 1. The lowest BCUT2D eigenvalue weighted by atomic mass is 9.92. The fourth-order valence-electron chi connectivity index (χ4n) is 1.99. The molecule has 1 N–H and O–H groups in total. The third-order valence-corrected chi connectivity index (χ3v) is 3.29. The van der Waals surface area contributed by atoms with Crippen LogP contribution in [0.1, 0.15) is 35.7 Å². The molecule has 4 heteroatoms. The first-order valence-electron chi connectivity index (χ1n) is 6.03. The van der Waals surface area contributed by atoms with Crippen molar-refractivity contribution in [3.05, 3.63) is 35.4 Å². The number of nitriles is 1. The molecule has 4 nitrogen and oxygen atoms in total. The van der Waals surface area contributed by atoms with E-state index in [2.05, 4.69) is 5.32 Å². The van der Waals surface area contributed by atoms with E-state index < -0.39 is 0 Å². The SMILES string of the molecule is CC1(NC(=O)c2ccc(C#N)cc2)CCOCC1. The maximum Gasteiger partial charge on any atom is 0.251 e. The third-order valence-electron chi connectivity index (χ3n) is 3.29. The lowest BCUT2D eigenvalue weighted by molar-refractivity contribution is 0.0423. The molecule has 1 heterocycles. The molecular weight excluding hydrogens is 228 g/mol. The monoisotopic (exact) mass is 244 g/mol. The van der Waals surface area contributed by atoms with Gasteiger partial charge in [0.15, 0.2) is 0 Å². The molecule has 0 saturated carbocycles. The van der Waals surface area contributed by atoms with Gasteiger partial charge in [0, 0.05) is 24.3 Å². The molecule has 94 valence electrons. The highest BCUT2D eigenvalue weighted by atomic mass is 16.5. The van der Waals surface area contributed by atoms with E-state index in [9.17, 15) is 4.79 Å². The molecule has 0 radical (unpaired) electrons. The van der Waals surface area contributed by atoms with Gasteiger partial charge >= 0.3 is 0 Å². The summed E-state index contributed by atoms with van der Waals surface area (Å²) in [7, 11) is 0. The summed E-state index contributed by atoms with van der Waals surface area (Å²) < 4.78 is 5.30. The molecule has 0 atom stereocenters. The van der Waals surface area contributed by atoms with Gasteiger partial charge in [0.1, 0.15) is 0 Å². The molecule has 1 aliphatic heterocycles. The summed E-state index contributed by atoms with van der Waals surface area (Å²) in [5.41, 5.74) is 0.953. The molecule has 1 aromatic rings. The van der Waals surface area contributed by atoms with E-state index in [1.807, 2.05) is 13.0 Å². The van der Waals surface area contributed by atoms with E-state index >= 15 is 0 Å². The van der Waals surface area contributed by atoms with Crippen molar-refractivity contribution in [3.63, 3.8) is 0 Å². The highest BCUT2D eigenvalue weighted by Gasteiger charge is 2.29. The summed E-state index contributed by atoms with van der Waals surface area (Å²) >= 11 is 0. The van der Waals surface area contributed by atoms with Gasteiger partial charge in [-0.3, -0.25) is 4.79 Å². The standard InChI is InChI=1S/C14H16N2O2/c1-14(6-8-18-9-7-14)16-13(17)12-4-2-11(10-15)3-5-12/h2-5H,6-9H2,1H3,(H,16,17). The van der Waals surface area contributed by atoms with E-state index in [1.54, 1.807) is 24.3 Å². The zero-order valence-electron chi connectivity index (χ0n) is 10.4. The summed E-state index contributed by atoms with van der Waals surface area (Å²) in [6.45, 7) is 3.41. The molecular formula is C14H16N2O2. The van der Waals surface area contributed by atoms with Gasteiger partial charge in [0.25, 0.3) is 5.91 Å². The zero-order chi connectivity index (χ0) is 13.0. The lowest BCUT2D eigenvalue weighted by Crippen LogP contribution is -2.49. The molecule has 18 heavy (non-hydrogen) atoms. The van der Waals surface area contributed by atoms with Crippen molar-refractivity contribution < 1.29 is 9.53 Å². The number of nitrogens with one attached hydrogen (secondary N) is 1. The van der Waals surface area contributed by atoms with Gasteiger partial charge in [-0.2, -0.15) is 5.26 Å². The van der Waals surface area contributed by atoms with Crippen molar-refractivity contribution >= 4 is 5.91 Å². The van der Waals surface area contributed by atoms with Crippen LogP contribution >= 0.6 is 0 Å². The summed E-state index contributed by atoms with van der Waals surface area (Å²) in [6.07, 6.45) is 1.66. The van der Waals surface area contributed by atoms with E-state index in [1.165, 1.54) is 0 Å². The molecule has 0 unspecified atom stereocenters. The van der Waals surface area contributed by atoms with Gasteiger partial charge in [-0.1, -0.05) is 0 Å². The van der Waals surface area contributed by atoms with Gasteiger partial charge < -0.3 is 10.1 Å². The van der Waals surface area contributed by atoms with Crippen molar-refractivity contribution in [2.75, 3.05) is 13.2 Å². The van der Waals surface area contributed by atoms with E-state index in [4.69, 9.17) is 10.00 Å². The van der Waals surface area contributed by atoms with Crippen LogP contribution in [0.15, 0.2) is 24.3 Å². The fourth-order valence-corrected chi connectivity index (χ4v) is 1.99. The Hall–Kier alpha value is -1.86. The van der Waals surface area contributed by atoms with Crippen molar-refractivity contribution in [2.24, 2.45) is 0 Å². The Labute approximate surface area is 107 Å². The number of amides is 1. The lowest BCUT2D eigenvalue weighted by Gasteiger charge is -2.34. The second kappa shape index (κ2) is 5.19. The summed E-state index contributed by atoms with van der Waals surface area (Å²) in [5.74, 6) is -0.0936. The Kier molecular flexibility index (Phi) is 3.63. The predicted molar refractivity (Wildman–Crippen MR) is 67.1 cm³/mol. The van der Waals surface area contributed by atoms with E-state index in [0.29, 0.717) is 24.3 Å². The number of hydrogen-bond acceptors (Lipinski definition) is 3. The molecule has 0 aromatic heterocycles. The van der Waals surface area contributed by atoms with Crippen molar-refractivity contribution in [1.29, 1.82) is 5.26 Å². The van der Waals surface area contributed by atoms with E-state index in [0.717, 1.165) is 12.8 Å². The molecule has 0 spiro atoms. The molecule has 1 fully saturated rings. The molecule has 1 aliphatic rings. The quantitative estimate of drug-likeness (QED) is 0.863.